The molecule has 13 heavy (non-hydrogen) atoms. The van der Waals surface area contributed by atoms with Crippen LogP contribution in [-0.2, 0) is 0 Å². The molecule has 1 N–H and O–H groups in total. The Morgan fingerprint density at radius 1 is 1.54 bits per heavy atom. The molecule has 0 aliphatic heterocycles. The molecule has 2 nitrogen and oxygen atoms in total. The maximum absolute atomic E-state index is 8.46. The van der Waals surface area contributed by atoms with Gasteiger partial charge in [-0.3, -0.25) is 0 Å². The van der Waals surface area contributed by atoms with E-state index in [-0.39, 0.29) is 5.54 Å². The van der Waals surface area contributed by atoms with Gasteiger partial charge in [-0.25, -0.2) is 0 Å². The number of nitriles is 1. The highest BCUT2D eigenvalue weighted by Crippen LogP contribution is 2.32. The fourth-order valence-electron chi connectivity index (χ4n) is 2.17. The molecule has 0 radical (unpaired) electrons. The van der Waals surface area contributed by atoms with Crippen LogP contribution in [0.5, 0.6) is 0 Å². The average Bonchev–Trinajstić information content (AvgIpc) is 2.11. The smallest absolute Gasteiger partial charge is 0.0635 e. The standard InChI is InChI=1S/C11H20N2/c1-10-6-3-4-7-11(10,2)13-9-5-8-12/h10,13H,3-7,9H2,1-2H3. The predicted octanol–water partition coefficient (Wildman–Crippen LogP) is 2.46. The lowest BCUT2D eigenvalue weighted by atomic mass is 9.75. The van der Waals surface area contributed by atoms with Gasteiger partial charge in [-0.2, -0.15) is 5.26 Å². The van der Waals surface area contributed by atoms with Gasteiger partial charge in [-0.1, -0.05) is 19.8 Å². The Morgan fingerprint density at radius 3 is 2.92 bits per heavy atom. The Labute approximate surface area is 81.3 Å². The number of hydrogen-bond donors (Lipinski definition) is 1. The van der Waals surface area contributed by atoms with Crippen LogP contribution in [0.2, 0.25) is 0 Å². The molecule has 1 aliphatic rings. The van der Waals surface area contributed by atoms with Gasteiger partial charge in [0.15, 0.2) is 0 Å². The van der Waals surface area contributed by atoms with Crippen LogP contribution in [0.15, 0.2) is 0 Å². The first-order chi connectivity index (χ1) is 6.19. The molecular weight excluding hydrogens is 160 g/mol. The van der Waals surface area contributed by atoms with E-state index in [1.165, 1.54) is 25.7 Å². The summed E-state index contributed by atoms with van der Waals surface area (Å²) in [4.78, 5) is 0. The van der Waals surface area contributed by atoms with Gasteiger partial charge in [0.1, 0.15) is 0 Å². The van der Waals surface area contributed by atoms with Crippen molar-refractivity contribution in [3.63, 3.8) is 0 Å². The topological polar surface area (TPSA) is 35.8 Å². The van der Waals surface area contributed by atoms with Gasteiger partial charge in [0.05, 0.1) is 6.07 Å². The van der Waals surface area contributed by atoms with E-state index < -0.39 is 0 Å². The van der Waals surface area contributed by atoms with Crippen molar-refractivity contribution in [3.05, 3.63) is 0 Å². The zero-order valence-electron chi connectivity index (χ0n) is 8.77. The molecule has 0 amide bonds. The van der Waals surface area contributed by atoms with Gasteiger partial charge < -0.3 is 5.32 Å². The molecule has 1 aliphatic carbocycles. The zero-order chi connectivity index (χ0) is 9.73. The molecule has 2 heteroatoms. The first-order valence-electron chi connectivity index (χ1n) is 5.31. The van der Waals surface area contributed by atoms with Gasteiger partial charge in [-0.05, 0) is 25.7 Å². The summed E-state index contributed by atoms with van der Waals surface area (Å²) in [6.07, 6.45) is 5.93. The highest BCUT2D eigenvalue weighted by molar-refractivity contribution is 4.92. The van der Waals surface area contributed by atoms with E-state index in [0.717, 1.165) is 12.5 Å². The monoisotopic (exact) mass is 180 g/mol. The van der Waals surface area contributed by atoms with Crippen LogP contribution in [-0.4, -0.2) is 12.1 Å². The number of hydrogen-bond acceptors (Lipinski definition) is 2. The molecular formula is C11H20N2. The molecule has 0 aromatic carbocycles. The van der Waals surface area contributed by atoms with Gasteiger partial charge in [0, 0.05) is 18.5 Å². The van der Waals surface area contributed by atoms with Crippen LogP contribution < -0.4 is 5.32 Å². The summed E-state index contributed by atoms with van der Waals surface area (Å²) in [5.74, 6) is 0.750. The third-order valence-corrected chi connectivity index (χ3v) is 3.44. The highest BCUT2D eigenvalue weighted by atomic mass is 15.0. The van der Waals surface area contributed by atoms with Crippen LogP contribution >= 0.6 is 0 Å². The minimum Gasteiger partial charge on any atom is -0.310 e. The lowest BCUT2D eigenvalue weighted by molar-refractivity contribution is 0.176. The van der Waals surface area contributed by atoms with Crippen molar-refractivity contribution >= 4 is 0 Å². The fraction of sp³-hybridized carbons (Fsp3) is 0.909. The minimum atomic E-state index is 0.287. The largest absolute Gasteiger partial charge is 0.310 e. The third-order valence-electron chi connectivity index (χ3n) is 3.44. The Morgan fingerprint density at radius 2 is 2.31 bits per heavy atom. The first kappa shape index (κ1) is 10.5. The molecule has 0 spiro atoms. The van der Waals surface area contributed by atoms with Crippen molar-refractivity contribution in [2.45, 2.75) is 51.5 Å². The second kappa shape index (κ2) is 4.62. The summed E-state index contributed by atoms with van der Waals surface area (Å²) in [5.41, 5.74) is 0.287. The van der Waals surface area contributed by atoms with Crippen molar-refractivity contribution in [1.82, 2.24) is 5.32 Å². The maximum Gasteiger partial charge on any atom is 0.0635 e. The Kier molecular flexibility index (Phi) is 3.74. The average molecular weight is 180 g/mol. The fourth-order valence-corrected chi connectivity index (χ4v) is 2.17. The Bertz CT molecular complexity index is 195. The molecule has 0 aromatic heterocycles. The van der Waals surface area contributed by atoms with E-state index in [4.69, 9.17) is 5.26 Å². The van der Waals surface area contributed by atoms with Crippen LogP contribution in [0.1, 0.15) is 46.0 Å². The second-order valence-corrected chi connectivity index (χ2v) is 4.40. The lowest BCUT2D eigenvalue weighted by Crippen LogP contribution is -2.49. The van der Waals surface area contributed by atoms with Crippen LogP contribution in [0.4, 0.5) is 0 Å². The highest BCUT2D eigenvalue weighted by Gasteiger charge is 2.32. The van der Waals surface area contributed by atoms with E-state index in [2.05, 4.69) is 25.2 Å². The van der Waals surface area contributed by atoms with E-state index in [0.29, 0.717) is 6.42 Å². The van der Waals surface area contributed by atoms with Crippen molar-refractivity contribution in [3.8, 4) is 6.07 Å². The predicted molar refractivity (Wildman–Crippen MR) is 54.3 cm³/mol. The van der Waals surface area contributed by atoms with E-state index in [1.54, 1.807) is 0 Å². The second-order valence-electron chi connectivity index (χ2n) is 4.40. The number of rotatable bonds is 3. The molecule has 2 unspecified atom stereocenters. The molecule has 0 saturated heterocycles. The summed E-state index contributed by atoms with van der Waals surface area (Å²) in [6, 6.07) is 2.18. The molecule has 0 aromatic rings. The van der Waals surface area contributed by atoms with Gasteiger partial charge in [-0.15, -0.1) is 0 Å². The molecule has 1 saturated carbocycles. The molecule has 0 heterocycles. The Hall–Kier alpha value is -0.550. The normalized spacial score (nSPS) is 34.1. The van der Waals surface area contributed by atoms with Gasteiger partial charge in [0.25, 0.3) is 0 Å². The first-order valence-corrected chi connectivity index (χ1v) is 5.31. The molecule has 1 fully saturated rings. The SMILES string of the molecule is CC1CCCCC1(C)NCCC#N. The van der Waals surface area contributed by atoms with Gasteiger partial charge in [0.2, 0.25) is 0 Å². The zero-order valence-corrected chi connectivity index (χ0v) is 8.77. The summed E-state index contributed by atoms with van der Waals surface area (Å²) in [5, 5.41) is 12.0. The minimum absolute atomic E-state index is 0.287. The summed E-state index contributed by atoms with van der Waals surface area (Å²) < 4.78 is 0. The summed E-state index contributed by atoms with van der Waals surface area (Å²) in [6.45, 7) is 5.46. The molecule has 2 atom stereocenters. The van der Waals surface area contributed by atoms with E-state index in [9.17, 15) is 0 Å². The Balaban J connectivity index is 2.38. The number of nitrogens with zero attached hydrogens (tertiary/aromatic N) is 1. The maximum atomic E-state index is 8.46. The van der Waals surface area contributed by atoms with Crippen LogP contribution in [0.25, 0.3) is 0 Å². The van der Waals surface area contributed by atoms with Crippen molar-refractivity contribution < 1.29 is 0 Å². The number of nitrogens with one attached hydrogen (secondary N) is 1. The van der Waals surface area contributed by atoms with Crippen molar-refractivity contribution in [2.75, 3.05) is 6.54 Å². The quantitative estimate of drug-likeness (QED) is 0.677. The molecule has 0 bridgehead atoms. The van der Waals surface area contributed by atoms with Gasteiger partial charge >= 0.3 is 0 Å². The molecule has 74 valence electrons. The summed E-state index contributed by atoms with van der Waals surface area (Å²) in [7, 11) is 0. The molecule has 1 rings (SSSR count). The van der Waals surface area contributed by atoms with Crippen LogP contribution in [0, 0.1) is 17.2 Å². The van der Waals surface area contributed by atoms with Crippen molar-refractivity contribution in [1.29, 1.82) is 5.26 Å². The van der Waals surface area contributed by atoms with E-state index in [1.807, 2.05) is 0 Å². The third kappa shape index (κ3) is 2.70. The summed E-state index contributed by atoms with van der Waals surface area (Å²) >= 11 is 0. The van der Waals surface area contributed by atoms with Crippen LogP contribution in [0.3, 0.4) is 0 Å². The van der Waals surface area contributed by atoms with Crippen molar-refractivity contribution in [2.24, 2.45) is 5.92 Å². The lowest BCUT2D eigenvalue weighted by Gasteiger charge is -2.40. The van der Waals surface area contributed by atoms with E-state index >= 15 is 0 Å².